The van der Waals surface area contributed by atoms with Crippen LogP contribution in [0.15, 0.2) is 36.5 Å². The first-order valence-electron chi connectivity index (χ1n) is 9.80. The van der Waals surface area contributed by atoms with E-state index in [1.807, 2.05) is 0 Å². The molecule has 136 valence electrons. The van der Waals surface area contributed by atoms with Gasteiger partial charge in [0.1, 0.15) is 7.05 Å². The highest BCUT2D eigenvalue weighted by molar-refractivity contribution is 5.62. The third kappa shape index (κ3) is 3.81. The summed E-state index contributed by atoms with van der Waals surface area (Å²) in [7, 11) is 2.16. The summed E-state index contributed by atoms with van der Waals surface area (Å²) in [5.74, 6) is 0. The van der Waals surface area contributed by atoms with Crippen molar-refractivity contribution in [2.45, 2.75) is 78.6 Å². The molecule has 1 aromatic carbocycles. The number of nitrogens with zero attached hydrogens (tertiary/aromatic N) is 1. The van der Waals surface area contributed by atoms with Gasteiger partial charge in [0.15, 0.2) is 6.20 Å². The van der Waals surface area contributed by atoms with E-state index in [0.717, 1.165) is 0 Å². The standard InChI is InChI=1S/C24H36N/c1-9-24(10-2,11-3)19-12-14-21(18(4)16-19)22-15-13-20(17-25(22)8)23(5,6)7/h12-17H,9-11H2,1-8H3/q+1. The predicted molar refractivity (Wildman–Crippen MR) is 109 cm³/mol. The first-order valence-corrected chi connectivity index (χ1v) is 9.80. The Morgan fingerprint density at radius 1 is 0.840 bits per heavy atom. The summed E-state index contributed by atoms with van der Waals surface area (Å²) in [6.07, 6.45) is 5.88. The Bertz CT molecular complexity index is 722. The van der Waals surface area contributed by atoms with Crippen LogP contribution in [0.5, 0.6) is 0 Å². The fourth-order valence-corrected chi connectivity index (χ4v) is 3.97. The number of aromatic nitrogens is 1. The number of hydrogen-bond acceptors (Lipinski definition) is 0. The molecule has 1 heteroatoms. The number of rotatable bonds is 5. The summed E-state index contributed by atoms with van der Waals surface area (Å²) in [6, 6.07) is 11.7. The van der Waals surface area contributed by atoms with Crippen LogP contribution in [0.2, 0.25) is 0 Å². The van der Waals surface area contributed by atoms with Gasteiger partial charge >= 0.3 is 0 Å². The third-order valence-electron chi connectivity index (χ3n) is 6.14. The number of hydrogen-bond donors (Lipinski definition) is 0. The van der Waals surface area contributed by atoms with Crippen molar-refractivity contribution in [1.82, 2.24) is 0 Å². The van der Waals surface area contributed by atoms with Gasteiger partial charge in [0.2, 0.25) is 5.69 Å². The minimum Gasteiger partial charge on any atom is -0.201 e. The van der Waals surface area contributed by atoms with Gasteiger partial charge in [-0.1, -0.05) is 53.7 Å². The molecule has 0 spiro atoms. The lowest BCUT2D eigenvalue weighted by atomic mass is 9.73. The summed E-state index contributed by atoms with van der Waals surface area (Å²) < 4.78 is 2.27. The van der Waals surface area contributed by atoms with Crippen LogP contribution in [-0.2, 0) is 17.9 Å². The Labute approximate surface area is 155 Å². The van der Waals surface area contributed by atoms with Crippen molar-refractivity contribution in [2.24, 2.45) is 7.05 Å². The summed E-state index contributed by atoms with van der Waals surface area (Å²) in [5.41, 5.74) is 7.36. The average molecular weight is 339 g/mol. The van der Waals surface area contributed by atoms with Crippen LogP contribution in [0, 0.1) is 6.92 Å². The molecule has 2 rings (SSSR count). The number of aryl methyl sites for hydroxylation is 2. The van der Waals surface area contributed by atoms with E-state index < -0.39 is 0 Å². The van der Waals surface area contributed by atoms with E-state index in [4.69, 9.17) is 0 Å². The molecule has 0 atom stereocenters. The van der Waals surface area contributed by atoms with E-state index in [9.17, 15) is 0 Å². The average Bonchev–Trinajstić information content (AvgIpc) is 2.57. The summed E-state index contributed by atoms with van der Waals surface area (Å²) in [4.78, 5) is 0. The van der Waals surface area contributed by atoms with Gasteiger partial charge < -0.3 is 0 Å². The van der Waals surface area contributed by atoms with Crippen LogP contribution in [0.3, 0.4) is 0 Å². The van der Waals surface area contributed by atoms with Crippen molar-refractivity contribution in [2.75, 3.05) is 0 Å². The third-order valence-corrected chi connectivity index (χ3v) is 6.14. The van der Waals surface area contributed by atoms with Gasteiger partial charge in [-0.15, -0.1) is 0 Å². The van der Waals surface area contributed by atoms with E-state index in [-0.39, 0.29) is 5.41 Å². The predicted octanol–water partition coefficient (Wildman–Crippen LogP) is 6.25. The zero-order valence-corrected chi connectivity index (χ0v) is 17.5. The van der Waals surface area contributed by atoms with Crippen molar-refractivity contribution in [1.29, 1.82) is 0 Å². The Hall–Kier alpha value is -1.63. The molecule has 0 N–H and O–H groups in total. The van der Waals surface area contributed by atoms with Gasteiger partial charge in [-0.3, -0.25) is 0 Å². The molecule has 0 saturated heterocycles. The highest BCUT2D eigenvalue weighted by Gasteiger charge is 2.27. The topological polar surface area (TPSA) is 3.88 Å². The van der Waals surface area contributed by atoms with E-state index in [2.05, 4.69) is 96.6 Å². The molecule has 0 unspecified atom stereocenters. The Balaban J connectivity index is 2.49. The molecule has 1 nitrogen and oxygen atoms in total. The van der Waals surface area contributed by atoms with Crippen LogP contribution >= 0.6 is 0 Å². The lowest BCUT2D eigenvalue weighted by Crippen LogP contribution is -2.33. The van der Waals surface area contributed by atoms with Gasteiger partial charge in [0.05, 0.1) is 0 Å². The first-order chi connectivity index (χ1) is 11.7. The van der Waals surface area contributed by atoms with Gasteiger partial charge in [0, 0.05) is 17.2 Å². The number of pyridine rings is 1. The van der Waals surface area contributed by atoms with Crippen LogP contribution in [-0.4, -0.2) is 0 Å². The molecule has 1 aromatic heterocycles. The minimum atomic E-state index is 0.179. The molecule has 0 aliphatic carbocycles. The molecule has 2 aromatic rings. The molecule has 25 heavy (non-hydrogen) atoms. The second-order valence-electron chi connectivity index (χ2n) is 8.53. The molecule has 0 aliphatic rings. The fraction of sp³-hybridized carbons (Fsp3) is 0.542. The van der Waals surface area contributed by atoms with Gasteiger partial charge in [0.25, 0.3) is 0 Å². The highest BCUT2D eigenvalue weighted by Crippen LogP contribution is 2.37. The number of benzene rings is 1. The molecule has 0 amide bonds. The molecule has 0 aliphatic heterocycles. The second kappa shape index (κ2) is 7.32. The fourth-order valence-electron chi connectivity index (χ4n) is 3.97. The highest BCUT2D eigenvalue weighted by atomic mass is 14.9. The summed E-state index contributed by atoms with van der Waals surface area (Å²) in [6.45, 7) is 16.0. The Morgan fingerprint density at radius 3 is 1.84 bits per heavy atom. The summed E-state index contributed by atoms with van der Waals surface area (Å²) >= 11 is 0. The van der Waals surface area contributed by atoms with Crippen molar-refractivity contribution < 1.29 is 4.57 Å². The van der Waals surface area contributed by atoms with Gasteiger partial charge in [-0.05, 0) is 60.3 Å². The second-order valence-corrected chi connectivity index (χ2v) is 8.53. The normalized spacial score (nSPS) is 12.5. The molecule has 0 fully saturated rings. The lowest BCUT2D eigenvalue weighted by molar-refractivity contribution is -0.661. The van der Waals surface area contributed by atoms with E-state index in [1.165, 1.54) is 47.2 Å². The van der Waals surface area contributed by atoms with E-state index in [1.54, 1.807) is 0 Å². The maximum absolute atomic E-state index is 2.42. The smallest absolute Gasteiger partial charge is 0.201 e. The Kier molecular flexibility index (Phi) is 5.76. The molecule has 0 radical (unpaired) electrons. The summed E-state index contributed by atoms with van der Waals surface area (Å²) in [5, 5.41) is 0. The zero-order valence-electron chi connectivity index (χ0n) is 17.5. The van der Waals surface area contributed by atoms with Gasteiger partial charge in [-0.2, -0.15) is 0 Å². The van der Waals surface area contributed by atoms with E-state index >= 15 is 0 Å². The molecule has 0 bridgehead atoms. The molecule has 0 saturated carbocycles. The quantitative estimate of drug-likeness (QED) is 0.567. The van der Waals surface area contributed by atoms with E-state index in [0.29, 0.717) is 5.41 Å². The monoisotopic (exact) mass is 338 g/mol. The van der Waals surface area contributed by atoms with Gasteiger partial charge in [-0.25, -0.2) is 4.57 Å². The molecule has 1 heterocycles. The first kappa shape index (κ1) is 19.7. The maximum Gasteiger partial charge on any atom is 0.212 e. The lowest BCUT2D eigenvalue weighted by Gasteiger charge is -2.31. The Morgan fingerprint density at radius 2 is 1.40 bits per heavy atom. The van der Waals surface area contributed by atoms with Crippen molar-refractivity contribution >= 4 is 0 Å². The maximum atomic E-state index is 2.42. The molecular weight excluding hydrogens is 302 g/mol. The van der Waals surface area contributed by atoms with Crippen LogP contribution in [0.25, 0.3) is 11.3 Å². The van der Waals surface area contributed by atoms with Crippen molar-refractivity contribution in [3.8, 4) is 11.3 Å². The molecular formula is C24H36N+. The SMILES string of the molecule is CCC(CC)(CC)c1ccc(-c2ccc(C(C)(C)C)c[n+]2C)c(C)c1. The minimum absolute atomic E-state index is 0.179. The van der Waals surface area contributed by atoms with Crippen molar-refractivity contribution in [3.63, 3.8) is 0 Å². The van der Waals surface area contributed by atoms with Crippen molar-refractivity contribution in [3.05, 3.63) is 53.2 Å². The van der Waals surface area contributed by atoms with Crippen LogP contribution in [0.1, 0.15) is 77.5 Å². The largest absolute Gasteiger partial charge is 0.212 e. The zero-order chi connectivity index (χ0) is 18.8. The van der Waals surface area contributed by atoms with Crippen LogP contribution in [0.4, 0.5) is 0 Å². The van der Waals surface area contributed by atoms with Crippen LogP contribution < -0.4 is 4.57 Å².